The summed E-state index contributed by atoms with van der Waals surface area (Å²) in [6.45, 7) is 0. The van der Waals surface area contributed by atoms with Gasteiger partial charge < -0.3 is 10.1 Å². The van der Waals surface area contributed by atoms with Gasteiger partial charge in [0.15, 0.2) is 0 Å². The first-order valence-electron chi connectivity index (χ1n) is 6.13. The number of benzene rings is 1. The Morgan fingerprint density at radius 1 is 1.18 bits per heavy atom. The van der Waals surface area contributed by atoms with E-state index in [0.29, 0.717) is 0 Å². The minimum absolute atomic E-state index is 0.0346. The first-order chi connectivity index (χ1) is 8.25. The third kappa shape index (κ3) is 1.78. The number of aliphatic hydroxyl groups excluding tert-OH is 1. The molecular formula is C13H16N2O2. The second-order valence-corrected chi connectivity index (χ2v) is 4.78. The summed E-state index contributed by atoms with van der Waals surface area (Å²) >= 11 is 0. The van der Waals surface area contributed by atoms with Crippen LogP contribution in [0.4, 0.5) is 0 Å². The number of nitrogens with zero attached hydrogens (tertiary/aromatic N) is 1. The van der Waals surface area contributed by atoms with E-state index in [4.69, 9.17) is 0 Å². The highest BCUT2D eigenvalue weighted by Crippen LogP contribution is 2.29. The Labute approximate surface area is 98.9 Å². The van der Waals surface area contributed by atoms with Crippen LogP contribution in [-0.4, -0.2) is 20.8 Å². The van der Waals surface area contributed by atoms with Gasteiger partial charge in [0.25, 0.3) is 0 Å². The molecule has 0 bridgehead atoms. The molecule has 90 valence electrons. The molecule has 0 amide bonds. The minimum Gasteiger partial charge on any atom is -0.393 e. The average molecular weight is 232 g/mol. The van der Waals surface area contributed by atoms with Crippen molar-refractivity contribution in [3.63, 3.8) is 0 Å². The van der Waals surface area contributed by atoms with Crippen LogP contribution in [0.2, 0.25) is 0 Å². The summed E-state index contributed by atoms with van der Waals surface area (Å²) in [5.41, 5.74) is 1.83. The third-order valence-electron chi connectivity index (χ3n) is 3.66. The fourth-order valence-corrected chi connectivity index (χ4v) is 2.75. The number of aliphatic hydroxyl groups is 1. The van der Waals surface area contributed by atoms with E-state index in [9.17, 15) is 9.90 Å². The lowest BCUT2D eigenvalue weighted by atomic mass is 9.93. The number of hydrogen-bond acceptors (Lipinski definition) is 2. The summed E-state index contributed by atoms with van der Waals surface area (Å²) in [6.07, 6.45) is 3.14. The molecular weight excluding hydrogens is 216 g/mol. The summed E-state index contributed by atoms with van der Waals surface area (Å²) in [7, 11) is 0. The number of aromatic nitrogens is 2. The molecule has 3 rings (SSSR count). The number of imidazole rings is 1. The van der Waals surface area contributed by atoms with E-state index < -0.39 is 0 Å². The van der Waals surface area contributed by atoms with E-state index in [1.165, 1.54) is 0 Å². The average Bonchev–Trinajstić information content (AvgIpc) is 2.66. The van der Waals surface area contributed by atoms with E-state index >= 15 is 0 Å². The van der Waals surface area contributed by atoms with Crippen molar-refractivity contribution in [2.45, 2.75) is 37.8 Å². The molecule has 1 aromatic heterocycles. The SMILES string of the molecule is O=c1[nH]c2ccccc2n1[C@H]1CC[C@H](O)CC1. The standard InChI is InChI=1S/C13H16N2O2/c16-10-7-5-9(6-8-10)15-12-4-2-1-3-11(12)14-13(15)17/h1-4,9-10,16H,5-8H2,(H,14,17)/t9-,10-. The fraction of sp³-hybridized carbons (Fsp3) is 0.462. The zero-order valence-electron chi connectivity index (χ0n) is 9.60. The van der Waals surface area contributed by atoms with Crippen molar-refractivity contribution in [3.8, 4) is 0 Å². The van der Waals surface area contributed by atoms with Gasteiger partial charge in [-0.25, -0.2) is 4.79 Å². The highest BCUT2D eigenvalue weighted by molar-refractivity contribution is 5.75. The van der Waals surface area contributed by atoms with Crippen LogP contribution in [0.15, 0.2) is 29.1 Å². The van der Waals surface area contributed by atoms with Gasteiger partial charge in [-0.3, -0.25) is 4.57 Å². The lowest BCUT2D eigenvalue weighted by Gasteiger charge is -2.26. The predicted octanol–water partition coefficient (Wildman–Crippen LogP) is 1.81. The van der Waals surface area contributed by atoms with Crippen LogP contribution >= 0.6 is 0 Å². The van der Waals surface area contributed by atoms with E-state index in [2.05, 4.69) is 4.98 Å². The lowest BCUT2D eigenvalue weighted by molar-refractivity contribution is 0.111. The van der Waals surface area contributed by atoms with Gasteiger partial charge in [-0.15, -0.1) is 0 Å². The van der Waals surface area contributed by atoms with Gasteiger partial charge in [0.2, 0.25) is 0 Å². The maximum atomic E-state index is 12.0. The van der Waals surface area contributed by atoms with Crippen molar-refractivity contribution in [2.75, 3.05) is 0 Å². The Morgan fingerprint density at radius 2 is 1.88 bits per heavy atom. The van der Waals surface area contributed by atoms with Gasteiger partial charge in [-0.2, -0.15) is 0 Å². The van der Waals surface area contributed by atoms with Gasteiger partial charge in [0, 0.05) is 6.04 Å². The molecule has 4 heteroatoms. The second kappa shape index (κ2) is 4.04. The molecule has 1 aromatic carbocycles. The van der Waals surface area contributed by atoms with Gasteiger partial charge >= 0.3 is 5.69 Å². The molecule has 1 aliphatic carbocycles. The maximum absolute atomic E-state index is 12.0. The molecule has 1 aliphatic rings. The molecule has 0 atom stereocenters. The van der Waals surface area contributed by atoms with Gasteiger partial charge in [0.1, 0.15) is 0 Å². The lowest BCUT2D eigenvalue weighted by Crippen LogP contribution is -2.27. The number of nitrogens with one attached hydrogen (secondary N) is 1. The molecule has 0 saturated heterocycles. The number of aromatic amines is 1. The van der Waals surface area contributed by atoms with Crippen LogP contribution in [0.25, 0.3) is 11.0 Å². The zero-order chi connectivity index (χ0) is 11.8. The molecule has 1 heterocycles. The van der Waals surface area contributed by atoms with Gasteiger partial charge in [0.05, 0.1) is 17.1 Å². The monoisotopic (exact) mass is 232 g/mol. The van der Waals surface area contributed by atoms with Crippen LogP contribution in [0.1, 0.15) is 31.7 Å². The van der Waals surface area contributed by atoms with E-state index in [-0.39, 0.29) is 17.8 Å². The summed E-state index contributed by atoms with van der Waals surface area (Å²) in [5.74, 6) is 0. The van der Waals surface area contributed by atoms with E-state index in [1.807, 2.05) is 28.8 Å². The molecule has 1 fully saturated rings. The Kier molecular flexibility index (Phi) is 2.52. The van der Waals surface area contributed by atoms with Crippen molar-refractivity contribution < 1.29 is 5.11 Å². The van der Waals surface area contributed by atoms with Gasteiger partial charge in [-0.1, -0.05) is 12.1 Å². The quantitative estimate of drug-likeness (QED) is 0.787. The van der Waals surface area contributed by atoms with Crippen molar-refractivity contribution in [1.29, 1.82) is 0 Å². The zero-order valence-corrected chi connectivity index (χ0v) is 9.60. The van der Waals surface area contributed by atoms with Crippen molar-refractivity contribution in [1.82, 2.24) is 9.55 Å². The predicted molar refractivity (Wildman–Crippen MR) is 66.1 cm³/mol. The minimum atomic E-state index is -0.188. The van der Waals surface area contributed by atoms with Crippen LogP contribution < -0.4 is 5.69 Å². The molecule has 0 aliphatic heterocycles. The summed E-state index contributed by atoms with van der Waals surface area (Å²) in [5, 5.41) is 9.51. The number of rotatable bonds is 1. The Hall–Kier alpha value is -1.55. The highest BCUT2D eigenvalue weighted by atomic mass is 16.3. The molecule has 17 heavy (non-hydrogen) atoms. The molecule has 2 N–H and O–H groups in total. The first kappa shape index (κ1) is 10.6. The van der Waals surface area contributed by atoms with E-state index in [0.717, 1.165) is 36.7 Å². The van der Waals surface area contributed by atoms with Crippen LogP contribution in [-0.2, 0) is 0 Å². The topological polar surface area (TPSA) is 58.0 Å². The second-order valence-electron chi connectivity index (χ2n) is 4.78. The molecule has 2 aromatic rings. The maximum Gasteiger partial charge on any atom is 0.326 e. The number of H-pyrrole nitrogens is 1. The molecule has 0 unspecified atom stereocenters. The number of hydrogen-bond donors (Lipinski definition) is 2. The molecule has 0 spiro atoms. The summed E-state index contributed by atoms with van der Waals surface area (Å²) in [4.78, 5) is 14.8. The normalized spacial score (nSPS) is 25.2. The summed E-state index contributed by atoms with van der Waals surface area (Å²) < 4.78 is 1.85. The van der Waals surface area contributed by atoms with Crippen molar-refractivity contribution >= 4 is 11.0 Å². The van der Waals surface area contributed by atoms with Crippen molar-refractivity contribution in [2.24, 2.45) is 0 Å². The Balaban J connectivity index is 2.05. The molecule has 1 saturated carbocycles. The van der Waals surface area contributed by atoms with Crippen molar-refractivity contribution in [3.05, 3.63) is 34.7 Å². The Bertz CT molecular complexity index is 576. The Morgan fingerprint density at radius 3 is 2.65 bits per heavy atom. The van der Waals surface area contributed by atoms with Crippen LogP contribution in [0.3, 0.4) is 0 Å². The largest absolute Gasteiger partial charge is 0.393 e. The van der Waals surface area contributed by atoms with Crippen LogP contribution in [0, 0.1) is 0 Å². The highest BCUT2D eigenvalue weighted by Gasteiger charge is 2.23. The van der Waals surface area contributed by atoms with E-state index in [1.54, 1.807) is 0 Å². The number of fused-ring (bicyclic) bond motifs is 1. The van der Waals surface area contributed by atoms with Gasteiger partial charge in [-0.05, 0) is 37.8 Å². The molecule has 0 radical (unpaired) electrons. The van der Waals surface area contributed by atoms with Crippen LogP contribution in [0.5, 0.6) is 0 Å². The fourth-order valence-electron chi connectivity index (χ4n) is 2.75. The molecule has 4 nitrogen and oxygen atoms in total. The third-order valence-corrected chi connectivity index (χ3v) is 3.66. The summed E-state index contributed by atoms with van der Waals surface area (Å²) in [6, 6.07) is 7.99. The number of para-hydroxylation sites is 2. The first-order valence-corrected chi connectivity index (χ1v) is 6.13. The smallest absolute Gasteiger partial charge is 0.326 e.